The van der Waals surface area contributed by atoms with Gasteiger partial charge in [0.1, 0.15) is 0 Å². The van der Waals surface area contributed by atoms with Gasteiger partial charge in [-0.2, -0.15) is 0 Å². The number of halogens is 1. The van der Waals surface area contributed by atoms with E-state index in [1.807, 2.05) is 0 Å². The fourth-order valence-electron chi connectivity index (χ4n) is 1.40. The fourth-order valence-corrected chi connectivity index (χ4v) is 1.90. The molecule has 100 valence electrons. The molecule has 1 aromatic carbocycles. The maximum Gasteiger partial charge on any atom is 0.335 e. The SMILES string of the molecule is C#CCC(C)NC(=O)Nc1cc(Br)cc(C(=O)O)c1. The number of benzene rings is 1. The molecule has 2 amide bonds. The first kappa shape index (κ1) is 15.1. The highest BCUT2D eigenvalue weighted by molar-refractivity contribution is 9.10. The summed E-state index contributed by atoms with van der Waals surface area (Å²) in [6, 6.07) is 3.84. The van der Waals surface area contributed by atoms with Crippen LogP contribution >= 0.6 is 15.9 Å². The Kier molecular flexibility index (Phi) is 5.39. The number of carboxylic acids is 1. The highest BCUT2D eigenvalue weighted by Gasteiger charge is 2.09. The van der Waals surface area contributed by atoms with E-state index in [2.05, 4.69) is 32.5 Å². The number of terminal acetylenes is 1. The van der Waals surface area contributed by atoms with Crippen molar-refractivity contribution in [2.45, 2.75) is 19.4 Å². The summed E-state index contributed by atoms with van der Waals surface area (Å²) >= 11 is 3.19. The fraction of sp³-hybridized carbons (Fsp3) is 0.231. The van der Waals surface area contributed by atoms with Gasteiger partial charge in [-0.3, -0.25) is 0 Å². The number of hydrogen-bond donors (Lipinski definition) is 3. The third-order valence-electron chi connectivity index (χ3n) is 2.20. The van der Waals surface area contributed by atoms with Crippen molar-refractivity contribution in [2.24, 2.45) is 0 Å². The summed E-state index contributed by atoms with van der Waals surface area (Å²) in [5.74, 6) is 1.38. The summed E-state index contributed by atoms with van der Waals surface area (Å²) in [5.41, 5.74) is 0.471. The predicted octanol–water partition coefficient (Wildman–Crippen LogP) is 2.68. The van der Waals surface area contributed by atoms with Crippen molar-refractivity contribution in [3.63, 3.8) is 0 Å². The molecule has 0 aliphatic rings. The first-order valence-electron chi connectivity index (χ1n) is 5.47. The molecule has 6 heteroatoms. The second-order valence-corrected chi connectivity index (χ2v) is 4.86. The Labute approximate surface area is 119 Å². The van der Waals surface area contributed by atoms with E-state index >= 15 is 0 Å². The number of urea groups is 1. The summed E-state index contributed by atoms with van der Waals surface area (Å²) < 4.78 is 0.569. The van der Waals surface area contributed by atoms with Gasteiger partial charge in [-0.05, 0) is 25.1 Å². The van der Waals surface area contributed by atoms with Crippen molar-refractivity contribution in [3.8, 4) is 12.3 Å². The molecule has 3 N–H and O–H groups in total. The summed E-state index contributed by atoms with van der Waals surface area (Å²) in [6.07, 6.45) is 5.56. The summed E-state index contributed by atoms with van der Waals surface area (Å²) in [4.78, 5) is 22.5. The molecule has 0 bridgehead atoms. The van der Waals surface area contributed by atoms with Crippen LogP contribution in [0.4, 0.5) is 10.5 Å². The van der Waals surface area contributed by atoms with Crippen LogP contribution in [0.5, 0.6) is 0 Å². The van der Waals surface area contributed by atoms with Crippen molar-refractivity contribution in [3.05, 3.63) is 28.2 Å². The molecule has 19 heavy (non-hydrogen) atoms. The minimum atomic E-state index is -1.06. The van der Waals surface area contributed by atoms with E-state index in [0.717, 1.165) is 0 Å². The molecule has 0 aliphatic heterocycles. The molecule has 0 saturated carbocycles. The molecule has 1 aromatic rings. The van der Waals surface area contributed by atoms with Crippen molar-refractivity contribution >= 4 is 33.6 Å². The zero-order chi connectivity index (χ0) is 14.4. The number of carboxylic acid groups (broad SMARTS) is 1. The monoisotopic (exact) mass is 324 g/mol. The summed E-state index contributed by atoms with van der Waals surface area (Å²) in [6.45, 7) is 1.78. The van der Waals surface area contributed by atoms with Crippen LogP contribution in [0.25, 0.3) is 0 Å². The van der Waals surface area contributed by atoms with Gasteiger partial charge in [0.15, 0.2) is 0 Å². The summed E-state index contributed by atoms with van der Waals surface area (Å²) in [5, 5.41) is 14.1. The number of aromatic carboxylic acids is 1. The Bertz CT molecular complexity index is 537. The van der Waals surface area contributed by atoms with E-state index in [-0.39, 0.29) is 11.6 Å². The van der Waals surface area contributed by atoms with Crippen LogP contribution in [0, 0.1) is 12.3 Å². The average Bonchev–Trinajstić information content (AvgIpc) is 2.27. The molecule has 0 saturated heterocycles. The molecule has 0 heterocycles. The lowest BCUT2D eigenvalue weighted by Gasteiger charge is -2.12. The molecular weight excluding hydrogens is 312 g/mol. The Hall–Kier alpha value is -2.00. The van der Waals surface area contributed by atoms with Gasteiger partial charge in [0.25, 0.3) is 0 Å². The maximum atomic E-state index is 11.6. The molecule has 1 unspecified atom stereocenters. The quantitative estimate of drug-likeness (QED) is 0.745. The van der Waals surface area contributed by atoms with Crippen LogP contribution in [0.1, 0.15) is 23.7 Å². The predicted molar refractivity (Wildman–Crippen MR) is 76.2 cm³/mol. The average molecular weight is 325 g/mol. The van der Waals surface area contributed by atoms with E-state index in [0.29, 0.717) is 16.6 Å². The van der Waals surface area contributed by atoms with Gasteiger partial charge in [-0.1, -0.05) is 15.9 Å². The zero-order valence-corrected chi connectivity index (χ0v) is 11.8. The Morgan fingerprint density at radius 2 is 2.16 bits per heavy atom. The normalized spacial score (nSPS) is 11.2. The molecule has 0 aromatic heterocycles. The smallest absolute Gasteiger partial charge is 0.335 e. The lowest BCUT2D eigenvalue weighted by molar-refractivity contribution is 0.0697. The first-order chi connectivity index (χ1) is 8.92. The van der Waals surface area contributed by atoms with Crippen LogP contribution in [-0.2, 0) is 0 Å². The summed E-state index contributed by atoms with van der Waals surface area (Å²) in [7, 11) is 0. The highest BCUT2D eigenvalue weighted by atomic mass is 79.9. The van der Waals surface area contributed by atoms with Crippen LogP contribution < -0.4 is 10.6 Å². The van der Waals surface area contributed by atoms with Gasteiger partial charge in [0, 0.05) is 22.6 Å². The second-order valence-electron chi connectivity index (χ2n) is 3.94. The van der Waals surface area contributed by atoms with Gasteiger partial charge in [-0.25, -0.2) is 9.59 Å². The molecule has 5 nitrogen and oxygen atoms in total. The van der Waals surface area contributed by atoms with Gasteiger partial charge >= 0.3 is 12.0 Å². The van der Waals surface area contributed by atoms with Crippen LogP contribution in [0.2, 0.25) is 0 Å². The molecule has 0 fully saturated rings. The van der Waals surface area contributed by atoms with E-state index in [1.54, 1.807) is 13.0 Å². The van der Waals surface area contributed by atoms with Crippen LogP contribution in [0.3, 0.4) is 0 Å². The molecule has 1 rings (SSSR count). The topological polar surface area (TPSA) is 78.4 Å². The maximum absolute atomic E-state index is 11.6. The Morgan fingerprint density at radius 3 is 2.74 bits per heavy atom. The second kappa shape index (κ2) is 6.81. The number of amides is 2. The largest absolute Gasteiger partial charge is 0.478 e. The van der Waals surface area contributed by atoms with Crippen molar-refractivity contribution < 1.29 is 14.7 Å². The van der Waals surface area contributed by atoms with Gasteiger partial charge in [-0.15, -0.1) is 12.3 Å². The number of carbonyl (C=O) groups excluding carboxylic acids is 1. The van der Waals surface area contributed by atoms with Crippen molar-refractivity contribution in [2.75, 3.05) is 5.32 Å². The first-order valence-corrected chi connectivity index (χ1v) is 6.26. The number of carbonyl (C=O) groups is 2. The van der Waals surface area contributed by atoms with E-state index in [1.165, 1.54) is 12.1 Å². The lowest BCUT2D eigenvalue weighted by Crippen LogP contribution is -2.35. The highest BCUT2D eigenvalue weighted by Crippen LogP contribution is 2.19. The molecule has 0 radical (unpaired) electrons. The van der Waals surface area contributed by atoms with Gasteiger partial charge < -0.3 is 15.7 Å². The lowest BCUT2D eigenvalue weighted by atomic mass is 10.2. The third kappa shape index (κ3) is 5.02. The van der Waals surface area contributed by atoms with Crippen LogP contribution in [-0.4, -0.2) is 23.1 Å². The molecule has 0 spiro atoms. The minimum Gasteiger partial charge on any atom is -0.478 e. The Balaban J connectivity index is 2.74. The van der Waals surface area contributed by atoms with E-state index < -0.39 is 12.0 Å². The minimum absolute atomic E-state index is 0.0846. The number of rotatable bonds is 4. The number of hydrogen-bond acceptors (Lipinski definition) is 2. The Morgan fingerprint density at radius 1 is 1.47 bits per heavy atom. The van der Waals surface area contributed by atoms with Gasteiger partial charge in [0.2, 0.25) is 0 Å². The number of nitrogens with one attached hydrogen (secondary N) is 2. The molecule has 0 aliphatic carbocycles. The zero-order valence-electron chi connectivity index (χ0n) is 10.2. The molecular formula is C13H13BrN2O3. The van der Waals surface area contributed by atoms with Gasteiger partial charge in [0.05, 0.1) is 5.56 Å². The van der Waals surface area contributed by atoms with Crippen molar-refractivity contribution in [1.29, 1.82) is 0 Å². The van der Waals surface area contributed by atoms with Crippen molar-refractivity contribution in [1.82, 2.24) is 5.32 Å². The molecule has 1 atom stereocenters. The number of anilines is 1. The third-order valence-corrected chi connectivity index (χ3v) is 2.66. The standard InChI is InChI=1S/C13H13BrN2O3/c1-3-4-8(2)15-13(19)16-11-6-9(12(17)18)5-10(14)7-11/h1,5-8H,4H2,2H3,(H,17,18)(H2,15,16,19). The van der Waals surface area contributed by atoms with E-state index in [9.17, 15) is 9.59 Å². The van der Waals surface area contributed by atoms with E-state index in [4.69, 9.17) is 11.5 Å². The van der Waals surface area contributed by atoms with Crippen LogP contribution in [0.15, 0.2) is 22.7 Å².